The highest BCUT2D eigenvalue weighted by Gasteiger charge is 2.38. The first kappa shape index (κ1) is 30.8. The molecule has 0 aromatic heterocycles. The van der Waals surface area contributed by atoms with Gasteiger partial charge in [0.15, 0.2) is 0 Å². The quantitative estimate of drug-likeness (QED) is 0.180. The van der Waals surface area contributed by atoms with Gasteiger partial charge in [-0.05, 0) is 124 Å². The van der Waals surface area contributed by atoms with Crippen LogP contribution in [0.2, 0.25) is 0 Å². The van der Waals surface area contributed by atoms with E-state index < -0.39 is 0 Å². The lowest BCUT2D eigenvalue weighted by molar-refractivity contribution is 0.584. The number of hydrogen-bond acceptors (Lipinski definition) is 0. The van der Waals surface area contributed by atoms with Crippen LogP contribution < -0.4 is 0 Å². The minimum atomic E-state index is -0.0999. The normalized spacial score (nSPS) is 15.0. The molecule has 0 heteroatoms. The van der Waals surface area contributed by atoms with Crippen LogP contribution in [0, 0.1) is 0 Å². The molecule has 0 saturated carbocycles. The maximum Gasteiger partial charge on any atom is 0.0159 e. The van der Waals surface area contributed by atoms with Crippen molar-refractivity contribution in [3.8, 4) is 55.6 Å². The van der Waals surface area contributed by atoms with Gasteiger partial charge in [-0.3, -0.25) is 0 Å². The largest absolute Gasteiger partial charge is 0.0616 e. The zero-order valence-corrected chi connectivity index (χ0v) is 30.3. The molecule has 7 aromatic rings. The molecule has 2 aliphatic carbocycles. The molecule has 0 radical (unpaired) electrons. The van der Waals surface area contributed by atoms with Crippen molar-refractivity contribution in [2.75, 3.05) is 0 Å². The molecule has 0 bridgehead atoms. The molecule has 0 heterocycles. The summed E-state index contributed by atoms with van der Waals surface area (Å²) < 4.78 is 0. The van der Waals surface area contributed by atoms with Gasteiger partial charge in [-0.25, -0.2) is 0 Å². The minimum Gasteiger partial charge on any atom is -0.0616 e. The van der Waals surface area contributed by atoms with Crippen molar-refractivity contribution in [3.05, 3.63) is 167 Å². The summed E-state index contributed by atoms with van der Waals surface area (Å²) in [7, 11) is 0. The Morgan fingerprint density at radius 2 is 0.700 bits per heavy atom. The van der Waals surface area contributed by atoms with Crippen LogP contribution in [-0.4, -0.2) is 0 Å². The van der Waals surface area contributed by atoms with Crippen molar-refractivity contribution in [1.29, 1.82) is 0 Å². The van der Waals surface area contributed by atoms with E-state index in [9.17, 15) is 0 Å². The maximum atomic E-state index is 2.46. The zero-order valence-electron chi connectivity index (χ0n) is 30.3. The van der Waals surface area contributed by atoms with Crippen molar-refractivity contribution in [2.24, 2.45) is 0 Å². The standard InChI is InChI=1S/C50H44/c1-48(2,3)39-21-25-43-42-24-20-38(29-46(42)50(6,7)47(43)30-39)37-19-23-41-40-22-18-36(27-44(40)49(4,5)45(41)28-37)33-14-12-32(13-15-33)35-17-16-31-10-8-9-11-34(31)26-35/h8-30H,1-7H3. The van der Waals surface area contributed by atoms with Gasteiger partial charge >= 0.3 is 0 Å². The van der Waals surface area contributed by atoms with E-state index in [2.05, 4.69) is 188 Å². The number of benzene rings is 7. The van der Waals surface area contributed by atoms with E-state index in [0.29, 0.717) is 0 Å². The first-order valence-electron chi connectivity index (χ1n) is 18.1. The number of rotatable bonds is 3. The molecule has 0 N–H and O–H groups in total. The molecule has 0 nitrogen and oxygen atoms in total. The van der Waals surface area contributed by atoms with Gasteiger partial charge in [0.05, 0.1) is 0 Å². The number of fused-ring (bicyclic) bond motifs is 7. The third kappa shape index (κ3) is 4.65. The third-order valence-corrected chi connectivity index (χ3v) is 11.9. The summed E-state index contributed by atoms with van der Waals surface area (Å²) in [6, 6.07) is 52.9. The van der Waals surface area contributed by atoms with E-state index in [0.717, 1.165) is 0 Å². The topological polar surface area (TPSA) is 0 Å². The lowest BCUT2D eigenvalue weighted by atomic mass is 9.78. The Bertz CT molecular complexity index is 2500. The molecular formula is C50H44. The molecule has 0 saturated heterocycles. The lowest BCUT2D eigenvalue weighted by Crippen LogP contribution is -2.17. The Morgan fingerprint density at radius 1 is 0.340 bits per heavy atom. The lowest BCUT2D eigenvalue weighted by Gasteiger charge is -2.25. The molecule has 244 valence electrons. The molecule has 9 rings (SSSR count). The van der Waals surface area contributed by atoms with Gasteiger partial charge in [-0.15, -0.1) is 0 Å². The Balaban J connectivity index is 1.03. The monoisotopic (exact) mass is 644 g/mol. The van der Waals surface area contributed by atoms with Gasteiger partial charge in [-0.2, -0.15) is 0 Å². The van der Waals surface area contributed by atoms with Gasteiger partial charge in [0, 0.05) is 10.8 Å². The van der Waals surface area contributed by atoms with E-state index >= 15 is 0 Å². The van der Waals surface area contributed by atoms with Gasteiger partial charge in [0.1, 0.15) is 0 Å². The van der Waals surface area contributed by atoms with Gasteiger partial charge in [0.2, 0.25) is 0 Å². The van der Waals surface area contributed by atoms with Crippen LogP contribution in [0.5, 0.6) is 0 Å². The van der Waals surface area contributed by atoms with Crippen molar-refractivity contribution in [3.63, 3.8) is 0 Å². The summed E-state index contributed by atoms with van der Waals surface area (Å²) in [5, 5.41) is 2.55. The molecule has 0 amide bonds. The van der Waals surface area contributed by atoms with Gasteiger partial charge in [-0.1, -0.05) is 164 Å². The van der Waals surface area contributed by atoms with Crippen LogP contribution in [0.1, 0.15) is 76.3 Å². The summed E-state index contributed by atoms with van der Waals surface area (Å²) in [6.45, 7) is 16.5. The highest BCUT2D eigenvalue weighted by Crippen LogP contribution is 2.53. The van der Waals surface area contributed by atoms with Gasteiger partial charge < -0.3 is 0 Å². The molecule has 0 fully saturated rings. The fraction of sp³-hybridized carbons (Fsp3) is 0.200. The molecule has 2 aliphatic rings. The van der Waals surface area contributed by atoms with E-state index in [-0.39, 0.29) is 16.2 Å². The Labute approximate surface area is 297 Å². The Morgan fingerprint density at radius 3 is 1.18 bits per heavy atom. The van der Waals surface area contributed by atoms with E-state index in [1.165, 1.54) is 94.2 Å². The average Bonchev–Trinajstić information content (AvgIpc) is 3.49. The molecule has 0 aliphatic heterocycles. The second kappa shape index (κ2) is 10.6. The fourth-order valence-electron chi connectivity index (χ4n) is 8.70. The zero-order chi connectivity index (χ0) is 34.6. The Hall–Kier alpha value is -5.20. The van der Waals surface area contributed by atoms with Crippen molar-refractivity contribution in [2.45, 2.75) is 64.7 Å². The minimum absolute atomic E-state index is 0.0434. The van der Waals surface area contributed by atoms with E-state index in [1.807, 2.05) is 0 Å². The predicted octanol–water partition coefficient (Wildman–Crippen LogP) is 13.8. The summed E-state index contributed by atoms with van der Waals surface area (Å²) in [6.07, 6.45) is 0. The van der Waals surface area contributed by atoms with Crippen LogP contribution >= 0.6 is 0 Å². The molecule has 0 unspecified atom stereocenters. The summed E-state index contributed by atoms with van der Waals surface area (Å²) in [4.78, 5) is 0. The van der Waals surface area contributed by atoms with Crippen molar-refractivity contribution < 1.29 is 0 Å². The summed E-state index contributed by atoms with van der Waals surface area (Å²) in [5.74, 6) is 0. The highest BCUT2D eigenvalue weighted by molar-refractivity contribution is 5.89. The third-order valence-electron chi connectivity index (χ3n) is 11.9. The summed E-state index contributed by atoms with van der Waals surface area (Å²) in [5.41, 5.74) is 20.1. The number of hydrogen-bond donors (Lipinski definition) is 0. The van der Waals surface area contributed by atoms with E-state index in [4.69, 9.17) is 0 Å². The van der Waals surface area contributed by atoms with Gasteiger partial charge in [0.25, 0.3) is 0 Å². The smallest absolute Gasteiger partial charge is 0.0159 e. The first-order chi connectivity index (χ1) is 23.9. The van der Waals surface area contributed by atoms with Crippen LogP contribution in [0.3, 0.4) is 0 Å². The SMILES string of the molecule is CC(C)(C)c1ccc2c(c1)C(C)(C)c1cc(-c3ccc4c(c3)C(C)(C)c3cc(-c5ccc(-c6ccc7ccccc7c6)cc5)ccc3-4)ccc1-2. The molecular weight excluding hydrogens is 601 g/mol. The van der Waals surface area contributed by atoms with Crippen molar-refractivity contribution in [1.82, 2.24) is 0 Å². The second-order valence-corrected chi connectivity index (χ2v) is 16.7. The maximum absolute atomic E-state index is 2.46. The molecule has 50 heavy (non-hydrogen) atoms. The first-order valence-corrected chi connectivity index (χ1v) is 18.1. The molecule has 0 atom stereocenters. The fourth-order valence-corrected chi connectivity index (χ4v) is 8.70. The van der Waals surface area contributed by atoms with E-state index in [1.54, 1.807) is 0 Å². The summed E-state index contributed by atoms with van der Waals surface area (Å²) >= 11 is 0. The second-order valence-electron chi connectivity index (χ2n) is 16.7. The van der Waals surface area contributed by atoms with Crippen LogP contribution in [-0.2, 0) is 16.2 Å². The van der Waals surface area contributed by atoms with Crippen LogP contribution in [0.25, 0.3) is 66.4 Å². The highest BCUT2D eigenvalue weighted by atomic mass is 14.4. The molecule has 0 spiro atoms. The molecule has 7 aromatic carbocycles. The van der Waals surface area contributed by atoms with Crippen LogP contribution in [0.4, 0.5) is 0 Å². The predicted molar refractivity (Wildman–Crippen MR) is 214 cm³/mol. The van der Waals surface area contributed by atoms with Crippen LogP contribution in [0.15, 0.2) is 140 Å². The van der Waals surface area contributed by atoms with Crippen molar-refractivity contribution >= 4 is 10.8 Å². The Kier molecular flexibility index (Phi) is 6.57. The average molecular weight is 645 g/mol.